The average Bonchev–Trinajstić information content (AvgIpc) is 3.02. The molecular weight excluding hydrogens is 348 g/mol. The largest absolute Gasteiger partial charge is 0.352 e. The zero-order valence-corrected chi connectivity index (χ0v) is 15.5. The molecule has 2 fully saturated rings. The Morgan fingerprint density at radius 3 is 2.65 bits per heavy atom. The van der Waals surface area contributed by atoms with Crippen LogP contribution in [0.5, 0.6) is 0 Å². The number of thiophene rings is 1. The lowest BCUT2D eigenvalue weighted by Gasteiger charge is -2.19. The highest BCUT2D eigenvalue weighted by molar-refractivity contribution is 7.14. The van der Waals surface area contributed by atoms with Crippen molar-refractivity contribution in [3.05, 3.63) is 46.2 Å². The van der Waals surface area contributed by atoms with Crippen LogP contribution in [0.2, 0.25) is 0 Å². The molecule has 1 saturated carbocycles. The fourth-order valence-electron chi connectivity index (χ4n) is 3.78. The molecule has 1 N–H and O–H groups in total. The standard InChI is InChI=1S/C19H22N4O2S/c1-2-3-13-4-5-16(26-13)19(25)23-9-14-15(10-23)18(14)22-17(24)6-12-7-20-11-21-8-12/h4-5,7-8,11,14-15,18H,2-3,6,9-10H2,1H3,(H,22,24)/t14-,15+,18?. The van der Waals surface area contributed by atoms with Crippen molar-refractivity contribution in [1.82, 2.24) is 20.2 Å². The Morgan fingerprint density at radius 2 is 1.96 bits per heavy atom. The lowest BCUT2D eigenvalue weighted by Crippen LogP contribution is -2.37. The van der Waals surface area contributed by atoms with Crippen molar-refractivity contribution in [2.24, 2.45) is 11.8 Å². The maximum atomic E-state index is 12.6. The summed E-state index contributed by atoms with van der Waals surface area (Å²) in [5.41, 5.74) is 0.813. The van der Waals surface area contributed by atoms with Crippen molar-refractivity contribution < 1.29 is 9.59 Å². The molecule has 1 saturated heterocycles. The van der Waals surface area contributed by atoms with Gasteiger partial charge in [-0.2, -0.15) is 0 Å². The van der Waals surface area contributed by atoms with Crippen LogP contribution in [0, 0.1) is 11.8 Å². The Labute approximate surface area is 156 Å². The quantitative estimate of drug-likeness (QED) is 0.843. The molecule has 0 radical (unpaired) electrons. The van der Waals surface area contributed by atoms with Gasteiger partial charge in [0.05, 0.1) is 11.3 Å². The van der Waals surface area contributed by atoms with E-state index in [0.717, 1.165) is 36.4 Å². The number of fused-ring (bicyclic) bond motifs is 1. The molecule has 3 atom stereocenters. The third-order valence-electron chi connectivity index (χ3n) is 5.16. The minimum absolute atomic E-state index is 0.000425. The smallest absolute Gasteiger partial charge is 0.263 e. The van der Waals surface area contributed by atoms with Crippen molar-refractivity contribution in [2.75, 3.05) is 13.1 Å². The van der Waals surface area contributed by atoms with Crippen LogP contribution in [0.15, 0.2) is 30.9 Å². The fraction of sp³-hybridized carbons (Fsp3) is 0.474. The maximum Gasteiger partial charge on any atom is 0.263 e. The van der Waals surface area contributed by atoms with Gasteiger partial charge in [-0.1, -0.05) is 13.3 Å². The van der Waals surface area contributed by atoms with Gasteiger partial charge < -0.3 is 10.2 Å². The van der Waals surface area contributed by atoms with E-state index in [-0.39, 0.29) is 17.9 Å². The van der Waals surface area contributed by atoms with E-state index in [1.54, 1.807) is 23.7 Å². The molecule has 1 unspecified atom stereocenters. The van der Waals surface area contributed by atoms with Crippen molar-refractivity contribution in [3.8, 4) is 0 Å². The van der Waals surface area contributed by atoms with Crippen LogP contribution >= 0.6 is 11.3 Å². The maximum absolute atomic E-state index is 12.6. The van der Waals surface area contributed by atoms with Crippen LogP contribution in [-0.2, 0) is 17.6 Å². The number of rotatable bonds is 6. The molecule has 2 aliphatic rings. The Kier molecular flexibility index (Phi) is 4.72. The molecule has 4 rings (SSSR count). The number of piperidine rings is 1. The molecule has 2 aromatic heterocycles. The van der Waals surface area contributed by atoms with Crippen molar-refractivity contribution >= 4 is 23.2 Å². The summed E-state index contributed by atoms with van der Waals surface area (Å²) in [5, 5.41) is 3.09. The fourth-order valence-corrected chi connectivity index (χ4v) is 4.86. The lowest BCUT2D eigenvalue weighted by molar-refractivity contribution is -0.120. The first-order valence-corrected chi connectivity index (χ1v) is 9.88. The van der Waals surface area contributed by atoms with Crippen molar-refractivity contribution in [1.29, 1.82) is 0 Å². The third-order valence-corrected chi connectivity index (χ3v) is 6.29. The zero-order valence-electron chi connectivity index (χ0n) is 14.7. The first-order chi connectivity index (χ1) is 12.7. The van der Waals surface area contributed by atoms with E-state index < -0.39 is 0 Å². The Bertz CT molecular complexity index is 795. The second kappa shape index (κ2) is 7.15. The predicted octanol–water partition coefficient (Wildman–Crippen LogP) is 1.92. The van der Waals surface area contributed by atoms with Crippen LogP contribution in [-0.4, -0.2) is 45.8 Å². The highest BCUT2D eigenvalue weighted by atomic mass is 32.1. The van der Waals surface area contributed by atoms with Crippen LogP contribution in [0.4, 0.5) is 0 Å². The molecule has 0 bridgehead atoms. The number of likely N-dealkylation sites (tertiary alicyclic amines) is 1. The monoisotopic (exact) mass is 370 g/mol. The van der Waals surface area contributed by atoms with Crippen LogP contribution < -0.4 is 5.32 Å². The summed E-state index contributed by atoms with van der Waals surface area (Å²) in [6.07, 6.45) is 7.21. The molecule has 0 aromatic carbocycles. The van der Waals surface area contributed by atoms with E-state index in [2.05, 4.69) is 28.3 Å². The topological polar surface area (TPSA) is 75.2 Å². The third kappa shape index (κ3) is 3.49. The van der Waals surface area contributed by atoms with E-state index in [9.17, 15) is 9.59 Å². The molecule has 2 amide bonds. The summed E-state index contributed by atoms with van der Waals surface area (Å²) in [6, 6.07) is 4.22. The number of nitrogens with zero attached hydrogens (tertiary/aromatic N) is 3. The van der Waals surface area contributed by atoms with Gasteiger partial charge >= 0.3 is 0 Å². The molecule has 7 heteroatoms. The molecule has 6 nitrogen and oxygen atoms in total. The zero-order chi connectivity index (χ0) is 18.1. The normalized spacial score (nSPS) is 23.6. The Hall–Kier alpha value is -2.28. The van der Waals surface area contributed by atoms with Gasteiger partial charge in [0.15, 0.2) is 0 Å². The number of nitrogens with one attached hydrogen (secondary N) is 1. The number of carbonyl (C=O) groups excluding carboxylic acids is 2. The summed E-state index contributed by atoms with van der Waals surface area (Å²) < 4.78 is 0. The van der Waals surface area contributed by atoms with E-state index in [1.807, 2.05) is 11.0 Å². The van der Waals surface area contributed by atoms with Gasteiger partial charge in [0.25, 0.3) is 5.91 Å². The number of aromatic nitrogens is 2. The van der Waals surface area contributed by atoms with Crippen LogP contribution in [0.1, 0.15) is 33.5 Å². The van der Waals surface area contributed by atoms with Crippen molar-refractivity contribution in [2.45, 2.75) is 32.2 Å². The molecule has 1 aliphatic heterocycles. The number of amides is 2. The van der Waals surface area contributed by atoms with Gasteiger partial charge in [-0.25, -0.2) is 9.97 Å². The van der Waals surface area contributed by atoms with E-state index in [4.69, 9.17) is 0 Å². The minimum Gasteiger partial charge on any atom is -0.352 e. The first kappa shape index (κ1) is 17.1. The molecule has 26 heavy (non-hydrogen) atoms. The van der Waals surface area contributed by atoms with Crippen LogP contribution in [0.25, 0.3) is 0 Å². The van der Waals surface area contributed by atoms with Gasteiger partial charge in [-0.3, -0.25) is 9.59 Å². The molecule has 136 valence electrons. The predicted molar refractivity (Wildman–Crippen MR) is 98.9 cm³/mol. The first-order valence-electron chi connectivity index (χ1n) is 9.07. The summed E-state index contributed by atoms with van der Waals surface area (Å²) >= 11 is 1.61. The molecule has 2 aromatic rings. The van der Waals surface area contributed by atoms with Crippen molar-refractivity contribution in [3.63, 3.8) is 0 Å². The van der Waals surface area contributed by atoms with Gasteiger partial charge in [-0.05, 0) is 24.1 Å². The van der Waals surface area contributed by atoms with Crippen LogP contribution in [0.3, 0.4) is 0 Å². The van der Waals surface area contributed by atoms with Gasteiger partial charge in [0.2, 0.25) is 5.91 Å². The Morgan fingerprint density at radius 1 is 1.23 bits per heavy atom. The molecule has 1 aliphatic carbocycles. The number of hydrogen-bond acceptors (Lipinski definition) is 5. The summed E-state index contributed by atoms with van der Waals surface area (Å²) in [5.74, 6) is 0.922. The minimum atomic E-state index is -0.000425. The second-order valence-corrected chi connectivity index (χ2v) is 8.24. The summed E-state index contributed by atoms with van der Waals surface area (Å²) in [4.78, 5) is 36.7. The second-order valence-electron chi connectivity index (χ2n) is 7.07. The Balaban J connectivity index is 1.26. The van der Waals surface area contributed by atoms with Gasteiger partial charge in [0.1, 0.15) is 6.33 Å². The highest BCUT2D eigenvalue weighted by Gasteiger charge is 2.57. The highest BCUT2D eigenvalue weighted by Crippen LogP contribution is 2.46. The number of aryl methyl sites for hydroxylation is 1. The number of hydrogen-bond donors (Lipinski definition) is 1. The summed E-state index contributed by atoms with van der Waals surface area (Å²) in [6.45, 7) is 3.63. The van der Waals surface area contributed by atoms with E-state index in [1.165, 1.54) is 11.2 Å². The number of carbonyl (C=O) groups is 2. The van der Waals surface area contributed by atoms with Gasteiger partial charge in [0, 0.05) is 48.2 Å². The average molecular weight is 370 g/mol. The van der Waals surface area contributed by atoms with E-state index >= 15 is 0 Å². The summed E-state index contributed by atoms with van der Waals surface area (Å²) in [7, 11) is 0. The SMILES string of the molecule is CCCc1ccc(C(=O)N2C[C@@H]3C(NC(=O)Cc4cncnc4)[C@@H]3C2)s1. The molecular formula is C19H22N4O2S. The molecule has 3 heterocycles. The van der Waals surface area contributed by atoms with Gasteiger partial charge in [-0.15, -0.1) is 11.3 Å². The van der Waals surface area contributed by atoms with E-state index in [0.29, 0.717) is 18.3 Å². The molecule has 0 spiro atoms. The lowest BCUT2D eigenvalue weighted by atomic mass is 10.2.